The van der Waals surface area contributed by atoms with Gasteiger partial charge in [-0.3, -0.25) is 0 Å². The van der Waals surface area contributed by atoms with Gasteiger partial charge in [-0.1, -0.05) is 0 Å². The summed E-state index contributed by atoms with van der Waals surface area (Å²) in [7, 11) is -3.56. The summed E-state index contributed by atoms with van der Waals surface area (Å²) in [5.74, 6) is 0. The first kappa shape index (κ1) is 16.8. The van der Waals surface area contributed by atoms with Crippen molar-refractivity contribution in [2.75, 3.05) is 39.3 Å². The van der Waals surface area contributed by atoms with Gasteiger partial charge in [0, 0.05) is 39.3 Å². The van der Waals surface area contributed by atoms with E-state index in [1.54, 1.807) is 9.80 Å². The van der Waals surface area contributed by atoms with E-state index in [0.29, 0.717) is 45.7 Å². The van der Waals surface area contributed by atoms with E-state index in [0.717, 1.165) is 0 Å². The van der Waals surface area contributed by atoms with Gasteiger partial charge >= 0.3 is 6.03 Å². The Hall–Kier alpha value is -1.61. The summed E-state index contributed by atoms with van der Waals surface area (Å²) in [6, 6.07) is -0.0224. The zero-order chi connectivity index (χ0) is 16.2. The molecule has 2 amide bonds. The fourth-order valence-electron chi connectivity index (χ4n) is 2.54. The number of nitrogens with zero attached hydrogens (tertiary/aromatic N) is 4. The van der Waals surface area contributed by atoms with Crippen LogP contribution in [0.2, 0.25) is 0 Å². The van der Waals surface area contributed by atoms with Crippen LogP contribution in [0.25, 0.3) is 0 Å². The van der Waals surface area contributed by atoms with Gasteiger partial charge in [0.25, 0.3) is 10.0 Å². The molecule has 0 atom stereocenters. The zero-order valence-electron chi connectivity index (χ0n) is 13.0. The number of amides is 2. The molecule has 0 radical (unpaired) electrons. The number of rotatable bonds is 4. The van der Waals surface area contributed by atoms with Crippen LogP contribution in [0.1, 0.15) is 20.3 Å². The average Bonchev–Trinajstić information content (AvgIpc) is 2.93. The maximum atomic E-state index is 12.5. The number of hydrogen-bond donors (Lipinski definition) is 1. The molecule has 2 heterocycles. The first-order valence-corrected chi connectivity index (χ1v) is 8.97. The van der Waals surface area contributed by atoms with E-state index in [9.17, 15) is 13.2 Å². The zero-order valence-corrected chi connectivity index (χ0v) is 13.8. The molecule has 8 nitrogen and oxygen atoms in total. The molecule has 1 aliphatic rings. The molecule has 1 aromatic rings. The average molecular weight is 329 g/mol. The Kier molecular flexibility index (Phi) is 5.41. The summed E-state index contributed by atoms with van der Waals surface area (Å²) in [5, 5.41) is 0.0935. The van der Waals surface area contributed by atoms with Gasteiger partial charge in [0.2, 0.25) is 0 Å². The second-order valence-electron chi connectivity index (χ2n) is 5.12. The van der Waals surface area contributed by atoms with Crippen molar-refractivity contribution in [3.8, 4) is 0 Å². The summed E-state index contributed by atoms with van der Waals surface area (Å²) in [4.78, 5) is 22.2. The second-order valence-corrected chi connectivity index (χ2v) is 7.02. The molecule has 22 heavy (non-hydrogen) atoms. The van der Waals surface area contributed by atoms with E-state index in [-0.39, 0.29) is 11.1 Å². The van der Waals surface area contributed by atoms with E-state index in [1.807, 2.05) is 13.8 Å². The van der Waals surface area contributed by atoms with Crippen LogP contribution in [0.5, 0.6) is 0 Å². The van der Waals surface area contributed by atoms with Crippen molar-refractivity contribution in [1.29, 1.82) is 0 Å². The lowest BCUT2D eigenvalue weighted by atomic mass is 10.4. The molecule has 0 aliphatic carbocycles. The molecule has 1 saturated heterocycles. The third kappa shape index (κ3) is 3.41. The van der Waals surface area contributed by atoms with Gasteiger partial charge in [0.15, 0.2) is 5.03 Å². The Balaban J connectivity index is 2.06. The predicted octanol–water partition coefficient (Wildman–Crippen LogP) is 0.568. The summed E-state index contributed by atoms with van der Waals surface area (Å²) < 4.78 is 26.3. The largest absolute Gasteiger partial charge is 0.335 e. The minimum atomic E-state index is -3.56. The molecule has 0 aromatic carbocycles. The monoisotopic (exact) mass is 329 g/mol. The molecule has 124 valence electrons. The number of hydrogen-bond acceptors (Lipinski definition) is 4. The lowest BCUT2D eigenvalue weighted by Gasteiger charge is -2.28. The molecule has 1 N–H and O–H groups in total. The molecular formula is C13H23N5O3S. The third-order valence-corrected chi connectivity index (χ3v) is 5.67. The molecular weight excluding hydrogens is 306 g/mol. The number of urea groups is 1. The maximum Gasteiger partial charge on any atom is 0.320 e. The number of nitrogens with one attached hydrogen (secondary N) is 1. The molecule has 0 saturated carbocycles. The van der Waals surface area contributed by atoms with Gasteiger partial charge in [0.05, 0.1) is 12.5 Å². The highest BCUT2D eigenvalue weighted by molar-refractivity contribution is 7.89. The van der Waals surface area contributed by atoms with Crippen LogP contribution < -0.4 is 0 Å². The van der Waals surface area contributed by atoms with Gasteiger partial charge in [-0.2, -0.15) is 4.31 Å². The number of aromatic amines is 1. The van der Waals surface area contributed by atoms with E-state index >= 15 is 0 Å². The number of imidazole rings is 1. The minimum Gasteiger partial charge on any atom is -0.335 e. The molecule has 0 bridgehead atoms. The summed E-state index contributed by atoms with van der Waals surface area (Å²) in [6.45, 7) is 6.87. The first-order chi connectivity index (χ1) is 10.5. The molecule has 1 aliphatic heterocycles. The fourth-order valence-corrected chi connectivity index (χ4v) is 3.91. The van der Waals surface area contributed by atoms with Gasteiger partial charge in [-0.25, -0.2) is 18.2 Å². The third-order valence-electron chi connectivity index (χ3n) is 3.85. The first-order valence-electron chi connectivity index (χ1n) is 7.53. The Morgan fingerprint density at radius 2 is 2.00 bits per heavy atom. The molecule has 0 unspecified atom stereocenters. The summed E-state index contributed by atoms with van der Waals surface area (Å²) in [6.07, 6.45) is 3.28. The van der Waals surface area contributed by atoms with E-state index in [1.165, 1.54) is 16.8 Å². The van der Waals surface area contributed by atoms with Crippen LogP contribution in [0.3, 0.4) is 0 Å². The Bertz CT molecular complexity index is 583. The minimum absolute atomic E-state index is 0.0224. The summed E-state index contributed by atoms with van der Waals surface area (Å²) in [5.41, 5.74) is 0. The van der Waals surface area contributed by atoms with Crippen molar-refractivity contribution < 1.29 is 13.2 Å². The normalized spacial score (nSPS) is 17.3. The van der Waals surface area contributed by atoms with Gasteiger partial charge in [-0.05, 0) is 20.3 Å². The van der Waals surface area contributed by atoms with Gasteiger partial charge in [0.1, 0.15) is 0 Å². The van der Waals surface area contributed by atoms with E-state index < -0.39 is 10.0 Å². The van der Waals surface area contributed by atoms with Crippen LogP contribution in [0, 0.1) is 0 Å². The summed E-state index contributed by atoms with van der Waals surface area (Å²) >= 11 is 0. The Morgan fingerprint density at radius 1 is 1.27 bits per heavy atom. The molecule has 0 spiro atoms. The van der Waals surface area contributed by atoms with Crippen LogP contribution in [-0.2, 0) is 10.0 Å². The van der Waals surface area contributed by atoms with Crippen molar-refractivity contribution in [2.24, 2.45) is 0 Å². The highest BCUT2D eigenvalue weighted by Gasteiger charge is 2.29. The van der Waals surface area contributed by atoms with Crippen LogP contribution in [0.4, 0.5) is 4.79 Å². The predicted molar refractivity (Wildman–Crippen MR) is 81.9 cm³/mol. The molecule has 1 aromatic heterocycles. The smallest absolute Gasteiger partial charge is 0.320 e. The van der Waals surface area contributed by atoms with Crippen molar-refractivity contribution >= 4 is 16.1 Å². The molecule has 9 heteroatoms. The van der Waals surface area contributed by atoms with Crippen molar-refractivity contribution in [3.63, 3.8) is 0 Å². The van der Waals surface area contributed by atoms with Crippen LogP contribution in [-0.4, -0.2) is 77.8 Å². The van der Waals surface area contributed by atoms with Crippen molar-refractivity contribution in [1.82, 2.24) is 24.1 Å². The standard InChI is InChI=1S/C13H23N5O3S/c1-3-16(4-2)13(19)17-6-5-7-18(9-8-17)22(20,21)12-10-14-11-15-12/h10-11H,3-9H2,1-2H3,(H,14,15). The highest BCUT2D eigenvalue weighted by Crippen LogP contribution is 2.15. The Morgan fingerprint density at radius 3 is 2.59 bits per heavy atom. The van der Waals surface area contributed by atoms with Gasteiger partial charge in [-0.15, -0.1) is 0 Å². The number of sulfonamides is 1. The SMILES string of the molecule is CCN(CC)C(=O)N1CCCN(S(=O)(=O)c2cnc[nH]2)CC1. The highest BCUT2D eigenvalue weighted by atomic mass is 32.2. The second kappa shape index (κ2) is 7.10. The number of H-pyrrole nitrogens is 1. The quantitative estimate of drug-likeness (QED) is 0.874. The molecule has 1 fully saturated rings. The van der Waals surface area contributed by atoms with E-state index in [2.05, 4.69) is 9.97 Å². The lowest BCUT2D eigenvalue weighted by Crippen LogP contribution is -2.45. The van der Waals surface area contributed by atoms with Crippen LogP contribution >= 0.6 is 0 Å². The lowest BCUT2D eigenvalue weighted by molar-refractivity contribution is 0.159. The number of carbonyl (C=O) groups excluding carboxylic acids is 1. The Labute approximate surface area is 131 Å². The van der Waals surface area contributed by atoms with Gasteiger partial charge < -0.3 is 14.8 Å². The van der Waals surface area contributed by atoms with E-state index in [4.69, 9.17) is 0 Å². The van der Waals surface area contributed by atoms with Crippen LogP contribution in [0.15, 0.2) is 17.6 Å². The fraction of sp³-hybridized carbons (Fsp3) is 0.692. The number of carbonyl (C=O) groups is 1. The maximum absolute atomic E-state index is 12.5. The van der Waals surface area contributed by atoms with Crippen molar-refractivity contribution in [2.45, 2.75) is 25.3 Å². The molecule has 2 rings (SSSR count). The van der Waals surface area contributed by atoms with Crippen molar-refractivity contribution in [3.05, 3.63) is 12.5 Å². The topological polar surface area (TPSA) is 89.6 Å². The number of aromatic nitrogens is 2.